The van der Waals surface area contributed by atoms with E-state index in [1.54, 1.807) is 14.2 Å². The third kappa shape index (κ3) is 3.11. The smallest absolute Gasteiger partial charge is 0.163 e. The van der Waals surface area contributed by atoms with E-state index >= 15 is 0 Å². The second kappa shape index (κ2) is 5.98. The van der Waals surface area contributed by atoms with Crippen molar-refractivity contribution in [2.24, 2.45) is 5.73 Å². The van der Waals surface area contributed by atoms with Gasteiger partial charge in [0.25, 0.3) is 0 Å². The highest BCUT2D eigenvalue weighted by Crippen LogP contribution is 2.35. The number of aryl methyl sites for hydroxylation is 1. The highest BCUT2D eigenvalue weighted by atomic mass is 79.9. The molecule has 3 nitrogen and oxygen atoms in total. The summed E-state index contributed by atoms with van der Waals surface area (Å²) in [5.74, 6) is 1.55. The van der Waals surface area contributed by atoms with Crippen molar-refractivity contribution in [1.82, 2.24) is 0 Å². The molecule has 4 heteroatoms. The van der Waals surface area contributed by atoms with Crippen LogP contribution in [0.15, 0.2) is 16.6 Å². The molecular weight excluding hydrogens is 258 g/mol. The molecule has 0 saturated carbocycles. The van der Waals surface area contributed by atoms with E-state index < -0.39 is 0 Å². The first-order valence-electron chi connectivity index (χ1n) is 4.83. The average molecular weight is 274 g/mol. The summed E-state index contributed by atoms with van der Waals surface area (Å²) in [6.07, 6.45) is 1.84. The third-order valence-corrected chi connectivity index (χ3v) is 2.63. The van der Waals surface area contributed by atoms with Gasteiger partial charge in [-0.1, -0.05) is 15.9 Å². The van der Waals surface area contributed by atoms with Gasteiger partial charge in [0.15, 0.2) is 11.5 Å². The molecule has 2 N–H and O–H groups in total. The summed E-state index contributed by atoms with van der Waals surface area (Å²) >= 11 is 3.44. The molecule has 0 unspecified atom stereocenters. The van der Waals surface area contributed by atoms with Crippen molar-refractivity contribution in [1.29, 1.82) is 0 Å². The molecule has 0 amide bonds. The van der Waals surface area contributed by atoms with Crippen molar-refractivity contribution >= 4 is 15.9 Å². The van der Waals surface area contributed by atoms with Gasteiger partial charge in [-0.15, -0.1) is 0 Å². The molecule has 0 aliphatic heterocycles. The van der Waals surface area contributed by atoms with Gasteiger partial charge in [-0.05, 0) is 37.1 Å². The van der Waals surface area contributed by atoms with Crippen molar-refractivity contribution in [3.05, 3.63) is 22.2 Å². The van der Waals surface area contributed by atoms with Gasteiger partial charge in [0, 0.05) is 4.47 Å². The summed E-state index contributed by atoms with van der Waals surface area (Å²) in [7, 11) is 3.29. The maximum Gasteiger partial charge on any atom is 0.163 e. The number of rotatable bonds is 5. The Kier molecular flexibility index (Phi) is 4.91. The maximum atomic E-state index is 5.49. The zero-order valence-electron chi connectivity index (χ0n) is 9.05. The molecule has 15 heavy (non-hydrogen) atoms. The number of ether oxygens (including phenoxy) is 2. The Morgan fingerprint density at radius 1 is 1.27 bits per heavy atom. The highest BCUT2D eigenvalue weighted by molar-refractivity contribution is 9.10. The Hall–Kier alpha value is -0.740. The first-order chi connectivity index (χ1) is 7.22. The van der Waals surface area contributed by atoms with Gasteiger partial charge >= 0.3 is 0 Å². The number of halogens is 1. The number of hydrogen-bond acceptors (Lipinski definition) is 3. The van der Waals surface area contributed by atoms with E-state index in [9.17, 15) is 0 Å². The molecule has 0 aliphatic carbocycles. The minimum Gasteiger partial charge on any atom is -0.493 e. The lowest BCUT2D eigenvalue weighted by Gasteiger charge is -2.13. The molecule has 1 aromatic carbocycles. The summed E-state index contributed by atoms with van der Waals surface area (Å²) in [6.45, 7) is 0.679. The van der Waals surface area contributed by atoms with E-state index in [1.807, 2.05) is 12.1 Å². The number of hydrogen-bond donors (Lipinski definition) is 1. The summed E-state index contributed by atoms with van der Waals surface area (Å²) in [5.41, 5.74) is 6.61. The minimum absolute atomic E-state index is 0.679. The van der Waals surface area contributed by atoms with Crippen LogP contribution in [0.3, 0.4) is 0 Å². The zero-order valence-corrected chi connectivity index (χ0v) is 10.6. The van der Waals surface area contributed by atoms with Gasteiger partial charge in [-0.2, -0.15) is 0 Å². The van der Waals surface area contributed by atoms with Crippen LogP contribution < -0.4 is 15.2 Å². The average Bonchev–Trinajstić information content (AvgIpc) is 2.25. The minimum atomic E-state index is 0.679. The highest BCUT2D eigenvalue weighted by Gasteiger charge is 2.10. The van der Waals surface area contributed by atoms with Crippen LogP contribution in [-0.4, -0.2) is 20.8 Å². The molecule has 0 radical (unpaired) electrons. The quantitative estimate of drug-likeness (QED) is 0.896. The Morgan fingerprint density at radius 3 is 2.53 bits per heavy atom. The monoisotopic (exact) mass is 273 g/mol. The van der Waals surface area contributed by atoms with E-state index in [0.29, 0.717) is 6.54 Å². The number of benzene rings is 1. The normalized spacial score (nSPS) is 10.1. The van der Waals surface area contributed by atoms with Crippen molar-refractivity contribution in [3.8, 4) is 11.5 Å². The van der Waals surface area contributed by atoms with Crippen LogP contribution in [0.1, 0.15) is 12.0 Å². The van der Waals surface area contributed by atoms with Gasteiger partial charge < -0.3 is 15.2 Å². The Morgan fingerprint density at radius 2 is 2.00 bits per heavy atom. The molecular formula is C11H16BrNO2. The first kappa shape index (κ1) is 12.3. The number of methoxy groups -OCH3 is 2. The van der Waals surface area contributed by atoms with Crippen molar-refractivity contribution in [2.45, 2.75) is 12.8 Å². The molecule has 1 rings (SSSR count). The first-order valence-corrected chi connectivity index (χ1v) is 5.62. The van der Waals surface area contributed by atoms with E-state index in [4.69, 9.17) is 15.2 Å². The van der Waals surface area contributed by atoms with E-state index in [2.05, 4.69) is 15.9 Å². The van der Waals surface area contributed by atoms with E-state index in [-0.39, 0.29) is 0 Å². The predicted molar refractivity (Wildman–Crippen MR) is 64.6 cm³/mol. The van der Waals surface area contributed by atoms with Crippen LogP contribution in [0.5, 0.6) is 11.5 Å². The lowest BCUT2D eigenvalue weighted by atomic mass is 10.1. The van der Waals surface area contributed by atoms with Crippen molar-refractivity contribution in [3.63, 3.8) is 0 Å². The molecule has 0 atom stereocenters. The van der Waals surface area contributed by atoms with E-state index in [0.717, 1.165) is 34.4 Å². The molecule has 0 bridgehead atoms. The third-order valence-electron chi connectivity index (χ3n) is 2.17. The molecule has 0 saturated heterocycles. The fraction of sp³-hybridized carbons (Fsp3) is 0.455. The molecule has 84 valence electrons. The fourth-order valence-corrected chi connectivity index (χ4v) is 1.97. The Labute approximate surface area is 98.7 Å². The standard InChI is InChI=1S/C11H16BrNO2/c1-14-10-7-9(12)6-8(4-3-5-13)11(10)15-2/h6-7H,3-5,13H2,1-2H3. The molecule has 0 aliphatic rings. The Balaban J connectivity index is 3.05. The lowest BCUT2D eigenvalue weighted by molar-refractivity contribution is 0.351. The van der Waals surface area contributed by atoms with Crippen LogP contribution in [0.25, 0.3) is 0 Å². The molecule has 1 aromatic rings. The largest absolute Gasteiger partial charge is 0.493 e. The number of nitrogens with two attached hydrogens (primary N) is 1. The van der Waals surface area contributed by atoms with Gasteiger partial charge in [0.05, 0.1) is 14.2 Å². The molecule has 0 heterocycles. The van der Waals surface area contributed by atoms with E-state index in [1.165, 1.54) is 0 Å². The van der Waals surface area contributed by atoms with Crippen LogP contribution in [0, 0.1) is 0 Å². The SMILES string of the molecule is COc1cc(Br)cc(CCCN)c1OC. The Bertz CT molecular complexity index is 329. The molecule has 0 spiro atoms. The summed E-state index contributed by atoms with van der Waals surface area (Å²) < 4.78 is 11.6. The van der Waals surface area contributed by atoms with Gasteiger partial charge in [0.2, 0.25) is 0 Å². The van der Waals surface area contributed by atoms with Crippen molar-refractivity contribution in [2.75, 3.05) is 20.8 Å². The van der Waals surface area contributed by atoms with Crippen LogP contribution >= 0.6 is 15.9 Å². The van der Waals surface area contributed by atoms with Gasteiger partial charge in [-0.25, -0.2) is 0 Å². The summed E-state index contributed by atoms with van der Waals surface area (Å²) in [4.78, 5) is 0. The second-order valence-electron chi connectivity index (χ2n) is 3.19. The molecule has 0 fully saturated rings. The van der Waals surface area contributed by atoms with Crippen molar-refractivity contribution < 1.29 is 9.47 Å². The second-order valence-corrected chi connectivity index (χ2v) is 4.11. The van der Waals surface area contributed by atoms with Crippen LogP contribution in [0.2, 0.25) is 0 Å². The van der Waals surface area contributed by atoms with Crippen LogP contribution in [0.4, 0.5) is 0 Å². The topological polar surface area (TPSA) is 44.5 Å². The van der Waals surface area contributed by atoms with Gasteiger partial charge in [0.1, 0.15) is 0 Å². The van der Waals surface area contributed by atoms with Gasteiger partial charge in [-0.3, -0.25) is 0 Å². The zero-order chi connectivity index (χ0) is 11.3. The molecule has 0 aromatic heterocycles. The van der Waals surface area contributed by atoms with Crippen LogP contribution in [-0.2, 0) is 6.42 Å². The summed E-state index contributed by atoms with van der Waals surface area (Å²) in [6, 6.07) is 3.93. The fourth-order valence-electron chi connectivity index (χ4n) is 1.48. The maximum absolute atomic E-state index is 5.49. The summed E-state index contributed by atoms with van der Waals surface area (Å²) in [5, 5.41) is 0. The lowest BCUT2D eigenvalue weighted by Crippen LogP contribution is -2.02. The predicted octanol–water partition coefficient (Wildman–Crippen LogP) is 2.36.